The van der Waals surface area contributed by atoms with Gasteiger partial charge in [0.2, 0.25) is 0 Å². The van der Waals surface area contributed by atoms with Crippen LogP contribution in [0.3, 0.4) is 0 Å². The lowest BCUT2D eigenvalue weighted by atomic mass is 10.2. The third kappa shape index (κ3) is 7.99. The number of amides is 3. The zero-order chi connectivity index (χ0) is 26.9. The number of hydrogen-bond acceptors (Lipinski definition) is 6. The Hall–Kier alpha value is -3.50. The van der Waals surface area contributed by atoms with Crippen molar-refractivity contribution in [1.82, 2.24) is 5.43 Å². The van der Waals surface area contributed by atoms with Crippen LogP contribution in [0, 0.1) is 0 Å². The van der Waals surface area contributed by atoms with Crippen molar-refractivity contribution >= 4 is 81.7 Å². The molecule has 0 aliphatic heterocycles. The fourth-order valence-corrected chi connectivity index (χ4v) is 3.57. The number of ether oxygens (including phenoxy) is 2. The number of halogens is 4. The molecule has 0 saturated carbocycles. The lowest BCUT2D eigenvalue weighted by molar-refractivity contribution is -0.136. The van der Waals surface area contributed by atoms with Crippen LogP contribution in [0.15, 0.2) is 59.7 Å². The van der Waals surface area contributed by atoms with Crippen molar-refractivity contribution in [3.63, 3.8) is 0 Å². The molecular formula is C24H18Cl4N4O5. The van der Waals surface area contributed by atoms with Crippen LogP contribution in [0.1, 0.15) is 5.56 Å². The van der Waals surface area contributed by atoms with Gasteiger partial charge in [-0.15, -0.1) is 0 Å². The molecule has 3 rings (SSSR count). The maximum Gasteiger partial charge on any atom is 0.329 e. The summed E-state index contributed by atoms with van der Waals surface area (Å²) in [6.07, 6.45) is 1.24. The van der Waals surface area contributed by atoms with E-state index in [1.807, 2.05) is 0 Å². The fourth-order valence-electron chi connectivity index (χ4n) is 2.82. The average Bonchev–Trinajstić information content (AvgIpc) is 2.87. The van der Waals surface area contributed by atoms with Crippen LogP contribution in [0.5, 0.6) is 11.5 Å². The van der Waals surface area contributed by atoms with Gasteiger partial charge in [0.1, 0.15) is 0 Å². The number of carbonyl (C=O) groups excluding carboxylic acids is 3. The Balaban J connectivity index is 1.59. The molecule has 0 heterocycles. The maximum atomic E-state index is 12.2. The third-order valence-electron chi connectivity index (χ3n) is 4.51. The highest BCUT2D eigenvalue weighted by atomic mass is 35.5. The summed E-state index contributed by atoms with van der Waals surface area (Å²) in [7, 11) is 1.39. The molecular weight excluding hydrogens is 566 g/mol. The summed E-state index contributed by atoms with van der Waals surface area (Å²) in [5, 5.41) is 9.73. The minimum Gasteiger partial charge on any atom is -0.493 e. The van der Waals surface area contributed by atoms with Crippen molar-refractivity contribution in [3.05, 3.63) is 80.3 Å². The molecule has 0 unspecified atom stereocenters. The van der Waals surface area contributed by atoms with Crippen LogP contribution in [0.2, 0.25) is 20.1 Å². The van der Waals surface area contributed by atoms with E-state index in [4.69, 9.17) is 55.9 Å². The van der Waals surface area contributed by atoms with Gasteiger partial charge in [-0.1, -0.05) is 52.5 Å². The Morgan fingerprint density at radius 1 is 0.919 bits per heavy atom. The first-order valence-electron chi connectivity index (χ1n) is 10.3. The Labute approximate surface area is 231 Å². The van der Waals surface area contributed by atoms with Crippen LogP contribution in [0.4, 0.5) is 11.4 Å². The normalized spacial score (nSPS) is 10.6. The summed E-state index contributed by atoms with van der Waals surface area (Å²) in [5.41, 5.74) is 3.23. The van der Waals surface area contributed by atoms with E-state index in [1.165, 1.54) is 37.6 Å². The molecule has 0 spiro atoms. The summed E-state index contributed by atoms with van der Waals surface area (Å²) in [5.74, 6) is -2.12. The van der Waals surface area contributed by atoms with Gasteiger partial charge in [-0.25, -0.2) is 5.43 Å². The quantitative estimate of drug-likeness (QED) is 0.186. The smallest absolute Gasteiger partial charge is 0.329 e. The van der Waals surface area contributed by atoms with Crippen molar-refractivity contribution in [2.24, 2.45) is 5.10 Å². The van der Waals surface area contributed by atoms with Crippen molar-refractivity contribution in [2.45, 2.75) is 0 Å². The highest BCUT2D eigenvalue weighted by Crippen LogP contribution is 2.36. The SMILES string of the molecule is COc1cc(/C=N\NC(=O)C(=O)Nc2cccc(Cl)c2Cl)cc(Cl)c1OCC(=O)Nc1ccc(Cl)cc1. The first-order chi connectivity index (χ1) is 17.7. The zero-order valence-corrected chi connectivity index (χ0v) is 22.0. The molecule has 13 heteroatoms. The van der Waals surface area contributed by atoms with Gasteiger partial charge in [0.25, 0.3) is 5.91 Å². The predicted octanol–water partition coefficient (Wildman–Crippen LogP) is 5.42. The van der Waals surface area contributed by atoms with E-state index in [9.17, 15) is 14.4 Å². The second kappa shape index (κ2) is 13.2. The molecule has 3 aromatic rings. The lowest BCUT2D eigenvalue weighted by Gasteiger charge is -2.13. The summed E-state index contributed by atoms with van der Waals surface area (Å²) < 4.78 is 10.8. The van der Waals surface area contributed by atoms with Gasteiger partial charge in [-0.3, -0.25) is 14.4 Å². The molecule has 0 saturated heterocycles. The number of methoxy groups -OCH3 is 1. The molecule has 0 fully saturated rings. The topological polar surface area (TPSA) is 118 Å². The first-order valence-corrected chi connectivity index (χ1v) is 11.8. The van der Waals surface area contributed by atoms with Gasteiger partial charge in [0, 0.05) is 10.7 Å². The van der Waals surface area contributed by atoms with Crippen LogP contribution < -0.4 is 25.5 Å². The van der Waals surface area contributed by atoms with E-state index in [2.05, 4.69) is 21.2 Å². The monoisotopic (exact) mass is 582 g/mol. The van der Waals surface area contributed by atoms with Gasteiger partial charge < -0.3 is 20.1 Å². The Morgan fingerprint density at radius 3 is 2.35 bits per heavy atom. The highest BCUT2D eigenvalue weighted by Gasteiger charge is 2.16. The number of nitrogens with one attached hydrogen (secondary N) is 3. The number of hydrazone groups is 1. The molecule has 192 valence electrons. The van der Waals surface area contributed by atoms with E-state index < -0.39 is 17.7 Å². The first kappa shape index (κ1) is 28.1. The molecule has 37 heavy (non-hydrogen) atoms. The molecule has 0 radical (unpaired) electrons. The van der Waals surface area contributed by atoms with Crippen molar-refractivity contribution in [2.75, 3.05) is 24.4 Å². The van der Waals surface area contributed by atoms with E-state index in [-0.39, 0.29) is 38.9 Å². The highest BCUT2D eigenvalue weighted by molar-refractivity contribution is 6.45. The molecule has 9 nitrogen and oxygen atoms in total. The zero-order valence-electron chi connectivity index (χ0n) is 19.0. The van der Waals surface area contributed by atoms with Gasteiger partial charge in [0.15, 0.2) is 18.1 Å². The largest absolute Gasteiger partial charge is 0.493 e. The summed E-state index contributed by atoms with van der Waals surface area (Å²) in [4.78, 5) is 36.3. The number of benzene rings is 3. The molecule has 0 aromatic heterocycles. The van der Waals surface area contributed by atoms with Gasteiger partial charge in [-0.2, -0.15) is 5.10 Å². The summed E-state index contributed by atoms with van der Waals surface area (Å²) >= 11 is 24.0. The lowest BCUT2D eigenvalue weighted by Crippen LogP contribution is -2.32. The van der Waals surface area contributed by atoms with Crippen molar-refractivity contribution < 1.29 is 23.9 Å². The second-order valence-electron chi connectivity index (χ2n) is 7.13. The minimum atomic E-state index is -1.04. The van der Waals surface area contributed by atoms with Crippen LogP contribution in [0.25, 0.3) is 0 Å². The van der Waals surface area contributed by atoms with E-state index in [1.54, 1.807) is 30.3 Å². The van der Waals surface area contributed by atoms with E-state index >= 15 is 0 Å². The number of rotatable bonds is 8. The molecule has 3 N–H and O–H groups in total. The van der Waals surface area contributed by atoms with Gasteiger partial charge in [0.05, 0.1) is 34.1 Å². The van der Waals surface area contributed by atoms with Gasteiger partial charge >= 0.3 is 11.8 Å². The Bertz CT molecular complexity index is 1350. The van der Waals surface area contributed by atoms with Crippen LogP contribution in [-0.2, 0) is 14.4 Å². The number of anilines is 2. The number of hydrogen-bond donors (Lipinski definition) is 3. The molecule has 3 amide bonds. The van der Waals surface area contributed by atoms with Crippen molar-refractivity contribution in [1.29, 1.82) is 0 Å². The van der Waals surface area contributed by atoms with E-state index in [0.29, 0.717) is 16.3 Å². The third-order valence-corrected chi connectivity index (χ3v) is 5.86. The van der Waals surface area contributed by atoms with Crippen LogP contribution >= 0.6 is 46.4 Å². The number of nitrogens with zero attached hydrogens (tertiary/aromatic N) is 1. The van der Waals surface area contributed by atoms with Crippen molar-refractivity contribution in [3.8, 4) is 11.5 Å². The minimum absolute atomic E-state index is 0.0975. The maximum absolute atomic E-state index is 12.2. The van der Waals surface area contributed by atoms with E-state index in [0.717, 1.165) is 0 Å². The molecule has 0 aliphatic carbocycles. The van der Waals surface area contributed by atoms with Crippen LogP contribution in [-0.4, -0.2) is 37.7 Å². The average molecular weight is 584 g/mol. The summed E-state index contributed by atoms with van der Waals surface area (Å²) in [6, 6.07) is 14.2. The molecule has 0 aliphatic rings. The molecule has 0 atom stereocenters. The van der Waals surface area contributed by atoms with Gasteiger partial charge in [-0.05, 0) is 54.1 Å². The fraction of sp³-hybridized carbons (Fsp3) is 0.0833. The Morgan fingerprint density at radius 2 is 1.65 bits per heavy atom. The number of carbonyl (C=O) groups is 3. The standard InChI is InChI=1S/C24H18Cl4N4O5/c1-36-19-10-13(11-29-32-24(35)23(34)31-18-4-2-3-16(26)21(18)28)9-17(27)22(19)37-12-20(33)30-15-7-5-14(25)6-8-15/h2-11H,12H2,1H3,(H,30,33)(H,31,34)(H,32,35)/b29-11-. The summed E-state index contributed by atoms with van der Waals surface area (Å²) in [6.45, 7) is -0.339. The Kier molecular flexibility index (Phi) is 9.99. The predicted molar refractivity (Wildman–Crippen MR) is 144 cm³/mol. The second-order valence-corrected chi connectivity index (χ2v) is 8.76. The molecule has 0 bridgehead atoms. The molecule has 3 aromatic carbocycles.